The van der Waals surface area contributed by atoms with Gasteiger partial charge in [0.2, 0.25) is 0 Å². The van der Waals surface area contributed by atoms with E-state index in [4.69, 9.17) is 4.74 Å². The van der Waals surface area contributed by atoms with E-state index in [-0.39, 0.29) is 6.61 Å². The third kappa shape index (κ3) is 4.88. The number of hydrogen-bond acceptors (Lipinski definition) is 3. The first-order valence-electron chi connectivity index (χ1n) is 7.71. The molecule has 5 heteroatoms. The van der Waals surface area contributed by atoms with E-state index >= 15 is 0 Å². The molecule has 0 spiro atoms. The molecule has 0 atom stereocenters. The molecule has 0 radical (unpaired) electrons. The molecule has 0 unspecified atom stereocenters. The van der Waals surface area contributed by atoms with Gasteiger partial charge in [0, 0.05) is 11.6 Å². The number of rotatable bonds is 6. The summed E-state index contributed by atoms with van der Waals surface area (Å²) < 4.78 is 31.9. The lowest BCUT2D eigenvalue weighted by atomic mass is 10.2. The Morgan fingerprint density at radius 1 is 0.920 bits per heavy atom. The third-order valence-electron chi connectivity index (χ3n) is 3.47. The van der Waals surface area contributed by atoms with E-state index in [1.54, 1.807) is 18.3 Å². The minimum atomic E-state index is -0.615. The van der Waals surface area contributed by atoms with E-state index in [1.807, 2.05) is 42.5 Å². The van der Waals surface area contributed by atoms with Crippen molar-refractivity contribution in [2.75, 3.05) is 5.43 Å². The molecule has 0 aromatic heterocycles. The second-order valence-corrected chi connectivity index (χ2v) is 5.33. The molecular formula is C20H16F2N2O. The first kappa shape index (κ1) is 16.6. The van der Waals surface area contributed by atoms with Crippen molar-refractivity contribution in [2.45, 2.75) is 6.61 Å². The largest absolute Gasteiger partial charge is 0.489 e. The van der Waals surface area contributed by atoms with Crippen LogP contribution >= 0.6 is 0 Å². The van der Waals surface area contributed by atoms with Gasteiger partial charge in [0.15, 0.2) is 0 Å². The summed E-state index contributed by atoms with van der Waals surface area (Å²) >= 11 is 0. The number of hydrogen-bond donors (Lipinski definition) is 1. The molecule has 0 heterocycles. The van der Waals surface area contributed by atoms with Crippen LogP contribution in [0.4, 0.5) is 14.5 Å². The van der Waals surface area contributed by atoms with Gasteiger partial charge < -0.3 is 4.74 Å². The molecule has 3 aromatic carbocycles. The third-order valence-corrected chi connectivity index (χ3v) is 3.47. The molecule has 3 nitrogen and oxygen atoms in total. The van der Waals surface area contributed by atoms with Gasteiger partial charge in [0.25, 0.3) is 0 Å². The van der Waals surface area contributed by atoms with Gasteiger partial charge in [-0.3, -0.25) is 5.43 Å². The molecule has 0 bridgehead atoms. The van der Waals surface area contributed by atoms with E-state index in [0.717, 1.165) is 17.3 Å². The predicted molar refractivity (Wildman–Crippen MR) is 94.8 cm³/mol. The summed E-state index contributed by atoms with van der Waals surface area (Å²) in [7, 11) is 0. The highest BCUT2D eigenvalue weighted by molar-refractivity contribution is 5.80. The Hall–Kier alpha value is -3.21. The Labute approximate surface area is 144 Å². The lowest BCUT2D eigenvalue weighted by molar-refractivity contribution is 0.299. The van der Waals surface area contributed by atoms with Crippen LogP contribution in [0.1, 0.15) is 11.1 Å². The summed E-state index contributed by atoms with van der Waals surface area (Å²) in [5.74, 6) is -0.623. The maximum absolute atomic E-state index is 13.6. The number of nitrogens with one attached hydrogen (secondary N) is 1. The van der Waals surface area contributed by atoms with Gasteiger partial charge in [-0.15, -0.1) is 0 Å². The van der Waals surface area contributed by atoms with Crippen LogP contribution in [-0.4, -0.2) is 6.21 Å². The van der Waals surface area contributed by atoms with E-state index in [2.05, 4.69) is 10.5 Å². The zero-order valence-corrected chi connectivity index (χ0v) is 13.3. The summed E-state index contributed by atoms with van der Waals surface area (Å²) in [5, 5.41) is 4.15. The maximum atomic E-state index is 13.6. The van der Waals surface area contributed by atoms with Crippen LogP contribution in [0.25, 0.3) is 0 Å². The lowest BCUT2D eigenvalue weighted by Crippen LogP contribution is -1.99. The van der Waals surface area contributed by atoms with Crippen molar-refractivity contribution >= 4 is 11.9 Å². The molecule has 3 aromatic rings. The molecule has 0 aliphatic carbocycles. The molecule has 0 aliphatic rings. The summed E-state index contributed by atoms with van der Waals surface area (Å²) in [6, 6.07) is 20.3. The summed E-state index contributed by atoms with van der Waals surface area (Å²) in [4.78, 5) is 0. The van der Waals surface area contributed by atoms with Gasteiger partial charge in [-0.1, -0.05) is 18.2 Å². The molecule has 0 fully saturated rings. The monoisotopic (exact) mass is 338 g/mol. The van der Waals surface area contributed by atoms with Crippen molar-refractivity contribution in [1.29, 1.82) is 0 Å². The standard InChI is InChI=1S/C20H16F2N2O/c21-17-9-8-16(20(22)12-17)14-25-19-10-6-15(7-11-19)13-23-24-18-4-2-1-3-5-18/h1-13,24H,14H2. The minimum Gasteiger partial charge on any atom is -0.489 e. The molecule has 1 N–H and O–H groups in total. The number of anilines is 1. The smallest absolute Gasteiger partial charge is 0.132 e. The Bertz CT molecular complexity index is 849. The van der Waals surface area contributed by atoms with Crippen LogP contribution in [-0.2, 0) is 6.61 Å². The Morgan fingerprint density at radius 3 is 2.40 bits per heavy atom. The fourth-order valence-electron chi connectivity index (χ4n) is 2.14. The van der Waals surface area contributed by atoms with Crippen molar-refractivity contribution in [3.8, 4) is 5.75 Å². The summed E-state index contributed by atoms with van der Waals surface area (Å²) in [6.45, 7) is 0.0368. The van der Waals surface area contributed by atoms with Gasteiger partial charge in [0.05, 0.1) is 11.9 Å². The zero-order valence-electron chi connectivity index (χ0n) is 13.3. The SMILES string of the molecule is Fc1ccc(COc2ccc(C=NNc3ccccc3)cc2)c(F)c1. The van der Waals surface area contributed by atoms with Crippen molar-refractivity contribution in [3.05, 3.63) is 95.6 Å². The van der Waals surface area contributed by atoms with Crippen molar-refractivity contribution in [3.63, 3.8) is 0 Å². The lowest BCUT2D eigenvalue weighted by Gasteiger charge is -2.07. The van der Waals surface area contributed by atoms with Crippen LogP contribution in [0.3, 0.4) is 0 Å². The molecule has 0 saturated carbocycles. The fourth-order valence-corrected chi connectivity index (χ4v) is 2.14. The van der Waals surface area contributed by atoms with Gasteiger partial charge in [-0.2, -0.15) is 5.10 Å². The number of para-hydroxylation sites is 1. The fraction of sp³-hybridized carbons (Fsp3) is 0.0500. The number of nitrogens with zero attached hydrogens (tertiary/aromatic N) is 1. The summed E-state index contributed by atoms with van der Waals surface area (Å²) in [5.41, 5.74) is 5.03. The molecule has 3 rings (SSSR count). The quantitative estimate of drug-likeness (QED) is 0.507. The van der Waals surface area contributed by atoms with Gasteiger partial charge in [-0.25, -0.2) is 8.78 Å². The van der Waals surface area contributed by atoms with E-state index in [9.17, 15) is 8.78 Å². The first-order valence-corrected chi connectivity index (χ1v) is 7.71. The molecule has 25 heavy (non-hydrogen) atoms. The average molecular weight is 338 g/mol. The second kappa shape index (κ2) is 8.06. The van der Waals surface area contributed by atoms with Gasteiger partial charge in [-0.05, 0) is 54.1 Å². The Morgan fingerprint density at radius 2 is 1.68 bits per heavy atom. The Kier molecular flexibility index (Phi) is 5.36. The van der Waals surface area contributed by atoms with E-state index < -0.39 is 11.6 Å². The number of ether oxygens (including phenoxy) is 1. The zero-order chi connectivity index (χ0) is 17.5. The molecule has 0 amide bonds. The number of benzene rings is 3. The minimum absolute atomic E-state index is 0.0368. The first-order chi connectivity index (χ1) is 12.2. The number of halogens is 2. The predicted octanol–water partition coefficient (Wildman–Crippen LogP) is 4.99. The molecule has 0 aliphatic heterocycles. The highest BCUT2D eigenvalue weighted by Crippen LogP contribution is 2.16. The highest BCUT2D eigenvalue weighted by Gasteiger charge is 2.04. The molecule has 0 saturated heterocycles. The average Bonchev–Trinajstić information content (AvgIpc) is 2.63. The van der Waals surface area contributed by atoms with Crippen LogP contribution < -0.4 is 10.2 Å². The van der Waals surface area contributed by atoms with E-state index in [1.165, 1.54) is 12.1 Å². The topological polar surface area (TPSA) is 33.6 Å². The van der Waals surface area contributed by atoms with Gasteiger partial charge >= 0.3 is 0 Å². The Balaban J connectivity index is 1.55. The van der Waals surface area contributed by atoms with Crippen molar-refractivity contribution in [1.82, 2.24) is 0 Å². The number of hydrazone groups is 1. The van der Waals surface area contributed by atoms with Crippen LogP contribution in [0.15, 0.2) is 77.9 Å². The maximum Gasteiger partial charge on any atom is 0.132 e. The van der Waals surface area contributed by atoms with Crippen LogP contribution in [0.5, 0.6) is 5.75 Å². The second-order valence-electron chi connectivity index (χ2n) is 5.33. The summed E-state index contributed by atoms with van der Waals surface area (Å²) in [6.07, 6.45) is 1.69. The molecule has 126 valence electrons. The van der Waals surface area contributed by atoms with Crippen molar-refractivity contribution in [2.24, 2.45) is 5.10 Å². The van der Waals surface area contributed by atoms with Crippen LogP contribution in [0, 0.1) is 11.6 Å². The van der Waals surface area contributed by atoms with Crippen LogP contribution in [0.2, 0.25) is 0 Å². The highest BCUT2D eigenvalue weighted by atomic mass is 19.1. The molecular weight excluding hydrogens is 322 g/mol. The normalized spacial score (nSPS) is 10.8. The van der Waals surface area contributed by atoms with Gasteiger partial charge in [0.1, 0.15) is 24.0 Å². The van der Waals surface area contributed by atoms with E-state index in [0.29, 0.717) is 11.3 Å². The van der Waals surface area contributed by atoms with Crippen molar-refractivity contribution < 1.29 is 13.5 Å².